The first-order valence-corrected chi connectivity index (χ1v) is 5.32. The molecule has 0 aromatic rings. The fraction of sp³-hybridized carbons (Fsp3) is 0.286. The summed E-state index contributed by atoms with van der Waals surface area (Å²) in [6.45, 7) is 0. The molecular weight excluding hydrogens is 168 g/mol. The molecule has 1 rings (SSSR count). The molecule has 0 bridgehead atoms. The summed E-state index contributed by atoms with van der Waals surface area (Å²) in [6, 6.07) is 0. The highest BCUT2D eigenvalue weighted by Crippen LogP contribution is 2.02. The highest BCUT2D eigenvalue weighted by molar-refractivity contribution is 5.17. The van der Waals surface area contributed by atoms with E-state index < -0.39 is 0 Å². The van der Waals surface area contributed by atoms with Gasteiger partial charge in [-0.05, 0) is 25.7 Å². The normalized spacial score (nSPS) is 29.7. The van der Waals surface area contributed by atoms with E-state index in [1.807, 2.05) is 12.2 Å². The van der Waals surface area contributed by atoms with Crippen molar-refractivity contribution in [1.82, 2.24) is 0 Å². The Morgan fingerprint density at radius 1 is 0.429 bits per heavy atom. The van der Waals surface area contributed by atoms with E-state index in [2.05, 4.69) is 48.6 Å². The summed E-state index contributed by atoms with van der Waals surface area (Å²) >= 11 is 0. The third-order valence-electron chi connectivity index (χ3n) is 2.04. The molecule has 0 heterocycles. The maximum Gasteiger partial charge on any atom is -0.0347 e. The average molecular weight is 186 g/mol. The Morgan fingerprint density at radius 2 is 0.786 bits per heavy atom. The molecule has 1 aliphatic rings. The molecule has 0 nitrogen and oxygen atoms in total. The van der Waals surface area contributed by atoms with E-state index in [0.717, 1.165) is 0 Å². The van der Waals surface area contributed by atoms with Gasteiger partial charge in [0.25, 0.3) is 0 Å². The molecule has 0 saturated heterocycles. The van der Waals surface area contributed by atoms with Crippen molar-refractivity contribution in [2.24, 2.45) is 0 Å². The van der Waals surface area contributed by atoms with Gasteiger partial charge in [0, 0.05) is 0 Å². The molecular formula is C14H18. The molecule has 0 heteroatoms. The summed E-state index contributed by atoms with van der Waals surface area (Å²) in [6.07, 6.45) is 26.0. The molecule has 0 aromatic carbocycles. The Balaban J connectivity index is 2.46. The quantitative estimate of drug-likeness (QED) is 0.528. The van der Waals surface area contributed by atoms with Crippen LogP contribution in [0, 0.1) is 0 Å². The van der Waals surface area contributed by atoms with Gasteiger partial charge < -0.3 is 0 Å². The van der Waals surface area contributed by atoms with Gasteiger partial charge in [-0.3, -0.25) is 0 Å². The van der Waals surface area contributed by atoms with Gasteiger partial charge in [-0.15, -0.1) is 0 Å². The van der Waals surface area contributed by atoms with E-state index in [9.17, 15) is 0 Å². The zero-order valence-corrected chi connectivity index (χ0v) is 8.60. The minimum Gasteiger partial charge on any atom is -0.0845 e. The van der Waals surface area contributed by atoms with Gasteiger partial charge in [0.05, 0.1) is 0 Å². The molecule has 0 amide bonds. The SMILES string of the molecule is C1=C\C=C\C=C\CCCC\C=C/C=C/1. The lowest BCUT2D eigenvalue weighted by Crippen LogP contribution is -1.71. The van der Waals surface area contributed by atoms with Crippen molar-refractivity contribution in [3.8, 4) is 0 Å². The van der Waals surface area contributed by atoms with Crippen molar-refractivity contribution in [2.75, 3.05) is 0 Å². The lowest BCUT2D eigenvalue weighted by atomic mass is 10.1. The standard InChI is InChI=1S/C14H18/c1-2-4-6-8-10-12-14-13-11-9-7-5-3-1/h1-10H,11-14H2/b2-1-,5-3+,6-4+,9-7-,10-8+. The minimum absolute atomic E-state index is 1.19. The van der Waals surface area contributed by atoms with Crippen LogP contribution in [0.5, 0.6) is 0 Å². The van der Waals surface area contributed by atoms with E-state index in [0.29, 0.717) is 0 Å². The number of rotatable bonds is 0. The molecule has 0 atom stereocenters. The second kappa shape index (κ2) is 8.31. The molecule has 0 aliphatic heterocycles. The molecule has 74 valence electrons. The number of hydrogen-bond donors (Lipinski definition) is 0. The van der Waals surface area contributed by atoms with Crippen LogP contribution < -0.4 is 0 Å². The van der Waals surface area contributed by atoms with E-state index in [-0.39, 0.29) is 0 Å². The second-order valence-corrected chi connectivity index (χ2v) is 3.30. The first-order chi connectivity index (χ1) is 7.00. The van der Waals surface area contributed by atoms with Crippen LogP contribution in [0.2, 0.25) is 0 Å². The average Bonchev–Trinajstić information content (AvgIpc) is 2.22. The van der Waals surface area contributed by atoms with Gasteiger partial charge >= 0.3 is 0 Å². The van der Waals surface area contributed by atoms with E-state index in [1.165, 1.54) is 25.7 Å². The van der Waals surface area contributed by atoms with Crippen molar-refractivity contribution in [2.45, 2.75) is 25.7 Å². The van der Waals surface area contributed by atoms with Crippen LogP contribution in [0.3, 0.4) is 0 Å². The largest absolute Gasteiger partial charge is 0.0845 e. The molecule has 0 aromatic heterocycles. The van der Waals surface area contributed by atoms with Crippen molar-refractivity contribution in [3.63, 3.8) is 0 Å². The summed E-state index contributed by atoms with van der Waals surface area (Å²) in [7, 11) is 0. The van der Waals surface area contributed by atoms with Crippen LogP contribution >= 0.6 is 0 Å². The molecule has 0 unspecified atom stereocenters. The van der Waals surface area contributed by atoms with Crippen molar-refractivity contribution < 1.29 is 0 Å². The van der Waals surface area contributed by atoms with E-state index >= 15 is 0 Å². The lowest BCUT2D eigenvalue weighted by molar-refractivity contribution is 0.762. The first-order valence-electron chi connectivity index (χ1n) is 5.32. The Bertz CT molecular complexity index is 234. The molecule has 1 aliphatic carbocycles. The Morgan fingerprint density at radius 3 is 1.21 bits per heavy atom. The monoisotopic (exact) mass is 186 g/mol. The minimum atomic E-state index is 1.19. The summed E-state index contributed by atoms with van der Waals surface area (Å²) < 4.78 is 0. The van der Waals surface area contributed by atoms with Gasteiger partial charge in [-0.2, -0.15) is 0 Å². The van der Waals surface area contributed by atoms with Crippen molar-refractivity contribution in [1.29, 1.82) is 0 Å². The maximum absolute atomic E-state index is 2.23. The molecule has 0 spiro atoms. The number of allylic oxidation sites excluding steroid dienone is 10. The summed E-state index contributed by atoms with van der Waals surface area (Å²) in [5.74, 6) is 0. The predicted molar refractivity (Wildman–Crippen MR) is 64.2 cm³/mol. The lowest BCUT2D eigenvalue weighted by Gasteiger charge is -1.91. The fourth-order valence-electron chi connectivity index (χ4n) is 1.26. The molecule has 0 N–H and O–H groups in total. The van der Waals surface area contributed by atoms with E-state index in [1.54, 1.807) is 0 Å². The Hall–Kier alpha value is -1.30. The summed E-state index contributed by atoms with van der Waals surface area (Å²) in [5, 5.41) is 0. The van der Waals surface area contributed by atoms with Gasteiger partial charge in [-0.1, -0.05) is 60.8 Å². The van der Waals surface area contributed by atoms with E-state index in [4.69, 9.17) is 0 Å². The van der Waals surface area contributed by atoms with Crippen LogP contribution in [0.1, 0.15) is 25.7 Å². The van der Waals surface area contributed by atoms with Gasteiger partial charge in [-0.25, -0.2) is 0 Å². The highest BCUT2D eigenvalue weighted by Gasteiger charge is 1.82. The smallest absolute Gasteiger partial charge is 0.0347 e. The molecule has 0 saturated carbocycles. The highest BCUT2D eigenvalue weighted by atomic mass is 13.9. The van der Waals surface area contributed by atoms with Crippen molar-refractivity contribution in [3.05, 3.63) is 60.8 Å². The van der Waals surface area contributed by atoms with Crippen LogP contribution in [0.25, 0.3) is 0 Å². The van der Waals surface area contributed by atoms with Crippen molar-refractivity contribution >= 4 is 0 Å². The first kappa shape index (κ1) is 10.8. The zero-order chi connectivity index (χ0) is 9.90. The summed E-state index contributed by atoms with van der Waals surface area (Å²) in [4.78, 5) is 0. The van der Waals surface area contributed by atoms with Gasteiger partial charge in [0.2, 0.25) is 0 Å². The molecule has 14 heavy (non-hydrogen) atoms. The predicted octanol–water partition coefficient (Wildman–Crippen LogP) is 4.34. The molecule has 0 fully saturated rings. The van der Waals surface area contributed by atoms with Gasteiger partial charge in [0.1, 0.15) is 0 Å². The van der Waals surface area contributed by atoms with Crippen LogP contribution in [0.4, 0.5) is 0 Å². The van der Waals surface area contributed by atoms with Crippen LogP contribution in [-0.4, -0.2) is 0 Å². The van der Waals surface area contributed by atoms with Crippen LogP contribution in [0.15, 0.2) is 60.8 Å². The zero-order valence-electron chi connectivity index (χ0n) is 8.60. The van der Waals surface area contributed by atoms with Gasteiger partial charge in [0.15, 0.2) is 0 Å². The van der Waals surface area contributed by atoms with Crippen LogP contribution in [-0.2, 0) is 0 Å². The number of hydrogen-bond acceptors (Lipinski definition) is 0. The Kier molecular flexibility index (Phi) is 6.39. The fourth-order valence-corrected chi connectivity index (χ4v) is 1.26. The second-order valence-electron chi connectivity index (χ2n) is 3.30. The summed E-state index contributed by atoms with van der Waals surface area (Å²) in [5.41, 5.74) is 0. The topological polar surface area (TPSA) is 0 Å². The Labute approximate surface area is 87.0 Å². The maximum atomic E-state index is 2.23. The third-order valence-corrected chi connectivity index (χ3v) is 2.04. The molecule has 0 radical (unpaired) electrons. The third kappa shape index (κ3) is 6.24.